The Hall–Kier alpha value is -2.01. The highest BCUT2D eigenvalue weighted by atomic mass is 32.2. The summed E-state index contributed by atoms with van der Waals surface area (Å²) in [7, 11) is 6.81. The van der Waals surface area contributed by atoms with E-state index in [1.807, 2.05) is 23.9 Å². The van der Waals surface area contributed by atoms with Crippen molar-refractivity contribution in [2.45, 2.75) is 71.0 Å². The summed E-state index contributed by atoms with van der Waals surface area (Å²) in [6.45, 7) is 6.57. The van der Waals surface area contributed by atoms with Gasteiger partial charge in [0.15, 0.2) is 0 Å². The lowest BCUT2D eigenvalue weighted by atomic mass is 9.98. The fourth-order valence-corrected chi connectivity index (χ4v) is 5.40. The average molecular weight is 475 g/mol. The molecular weight excluding hydrogens is 432 g/mol. The minimum Gasteiger partial charge on any atom is -0.496 e. The molecule has 0 aliphatic rings. The number of hydrogen-bond donors (Lipinski definition) is 0. The lowest BCUT2D eigenvalue weighted by molar-refractivity contribution is 0.389. The Morgan fingerprint density at radius 2 is 1.42 bits per heavy atom. The molecule has 0 saturated heterocycles. The summed E-state index contributed by atoms with van der Waals surface area (Å²) in [5.41, 5.74) is 2.47. The summed E-state index contributed by atoms with van der Waals surface area (Å²) >= 11 is 2.01. The van der Waals surface area contributed by atoms with E-state index in [-0.39, 0.29) is 5.25 Å². The van der Waals surface area contributed by atoms with Crippen molar-refractivity contribution in [1.29, 1.82) is 0 Å². The van der Waals surface area contributed by atoms with Crippen LogP contribution in [0.25, 0.3) is 10.8 Å². The minimum absolute atomic E-state index is 0.264. The molecule has 0 aliphatic heterocycles. The van der Waals surface area contributed by atoms with Gasteiger partial charge in [-0.15, -0.1) is 0 Å². The van der Waals surface area contributed by atoms with Crippen molar-refractivity contribution in [2.75, 3.05) is 34.2 Å². The van der Waals surface area contributed by atoms with E-state index in [4.69, 9.17) is 18.9 Å². The standard InChI is InChI=1S/C28H42O4S/c1-8-9-10-11-12-13-18-33-25(17-14-20(2)3)21-19-24(31-6)26-22(29-4)15-16-23(30-5)27(26)28(21)32-7/h14-16,19,25H,8-13,17-18H2,1-7H3. The minimum atomic E-state index is 0.264. The maximum atomic E-state index is 6.03. The van der Waals surface area contributed by atoms with E-state index in [2.05, 4.69) is 32.9 Å². The molecule has 2 aromatic rings. The summed E-state index contributed by atoms with van der Waals surface area (Å²) in [6.07, 6.45) is 11.1. The van der Waals surface area contributed by atoms with Gasteiger partial charge in [-0.25, -0.2) is 0 Å². The SMILES string of the molecule is CCCCCCCCSC(CC=C(C)C)c1cc(OC)c2c(OC)ccc(OC)c2c1OC. The van der Waals surface area contributed by atoms with Crippen LogP contribution < -0.4 is 18.9 Å². The lowest BCUT2D eigenvalue weighted by Gasteiger charge is -2.23. The molecular formula is C28H42O4S. The van der Waals surface area contributed by atoms with Crippen molar-refractivity contribution in [3.8, 4) is 23.0 Å². The molecule has 184 valence electrons. The normalized spacial score (nSPS) is 11.8. The van der Waals surface area contributed by atoms with E-state index in [0.717, 1.165) is 51.5 Å². The van der Waals surface area contributed by atoms with E-state index in [9.17, 15) is 0 Å². The van der Waals surface area contributed by atoms with Crippen LogP contribution in [0.1, 0.15) is 76.5 Å². The van der Waals surface area contributed by atoms with Gasteiger partial charge in [-0.2, -0.15) is 11.8 Å². The number of hydrogen-bond acceptors (Lipinski definition) is 5. The van der Waals surface area contributed by atoms with Gasteiger partial charge in [-0.05, 0) is 50.6 Å². The number of fused-ring (bicyclic) bond motifs is 1. The molecule has 5 heteroatoms. The Labute approximate surface area is 205 Å². The number of unbranched alkanes of at least 4 members (excludes halogenated alkanes) is 5. The van der Waals surface area contributed by atoms with Gasteiger partial charge < -0.3 is 18.9 Å². The molecule has 0 heterocycles. The molecule has 0 aliphatic carbocycles. The van der Waals surface area contributed by atoms with E-state index in [1.54, 1.807) is 28.4 Å². The van der Waals surface area contributed by atoms with Crippen LogP contribution in [-0.4, -0.2) is 34.2 Å². The smallest absolute Gasteiger partial charge is 0.135 e. The number of rotatable bonds is 15. The van der Waals surface area contributed by atoms with Crippen molar-refractivity contribution in [3.63, 3.8) is 0 Å². The van der Waals surface area contributed by atoms with Gasteiger partial charge in [0.25, 0.3) is 0 Å². The predicted molar refractivity (Wildman–Crippen MR) is 143 cm³/mol. The van der Waals surface area contributed by atoms with Crippen molar-refractivity contribution in [3.05, 3.63) is 35.4 Å². The molecule has 0 saturated carbocycles. The van der Waals surface area contributed by atoms with Crippen LogP contribution in [-0.2, 0) is 0 Å². The van der Waals surface area contributed by atoms with Crippen molar-refractivity contribution in [2.24, 2.45) is 0 Å². The Morgan fingerprint density at radius 3 is 2.00 bits per heavy atom. The largest absolute Gasteiger partial charge is 0.496 e. The molecule has 2 rings (SSSR count). The molecule has 0 radical (unpaired) electrons. The first kappa shape index (κ1) is 27.2. The molecule has 33 heavy (non-hydrogen) atoms. The second-order valence-electron chi connectivity index (χ2n) is 8.57. The van der Waals surface area contributed by atoms with Gasteiger partial charge in [0.1, 0.15) is 23.0 Å². The molecule has 0 amide bonds. The molecule has 2 aromatic carbocycles. The molecule has 1 unspecified atom stereocenters. The predicted octanol–water partition coefficient (Wildman–Crippen LogP) is 8.37. The monoisotopic (exact) mass is 474 g/mol. The van der Waals surface area contributed by atoms with Gasteiger partial charge in [0.2, 0.25) is 0 Å². The number of ether oxygens (including phenoxy) is 4. The van der Waals surface area contributed by atoms with Crippen LogP contribution >= 0.6 is 11.8 Å². The molecule has 4 nitrogen and oxygen atoms in total. The fraction of sp³-hybridized carbons (Fsp3) is 0.571. The van der Waals surface area contributed by atoms with Crippen LogP contribution in [0.15, 0.2) is 29.8 Å². The Kier molecular flexibility index (Phi) is 11.8. The lowest BCUT2D eigenvalue weighted by Crippen LogP contribution is -2.03. The van der Waals surface area contributed by atoms with Crippen LogP contribution in [0, 0.1) is 0 Å². The fourth-order valence-electron chi connectivity index (χ4n) is 4.15. The Balaban J connectivity index is 2.48. The second kappa shape index (κ2) is 14.3. The summed E-state index contributed by atoms with van der Waals surface area (Å²) in [6, 6.07) is 5.97. The molecule has 0 spiro atoms. The van der Waals surface area contributed by atoms with E-state index in [0.29, 0.717) is 0 Å². The van der Waals surface area contributed by atoms with Gasteiger partial charge in [0.05, 0.1) is 39.2 Å². The number of benzene rings is 2. The highest BCUT2D eigenvalue weighted by Gasteiger charge is 2.25. The maximum absolute atomic E-state index is 6.03. The van der Waals surface area contributed by atoms with Gasteiger partial charge >= 0.3 is 0 Å². The highest BCUT2D eigenvalue weighted by molar-refractivity contribution is 7.99. The quantitative estimate of drug-likeness (QED) is 0.191. The van der Waals surface area contributed by atoms with E-state index >= 15 is 0 Å². The van der Waals surface area contributed by atoms with Crippen LogP contribution in [0.4, 0.5) is 0 Å². The Bertz CT molecular complexity index is 903. The summed E-state index contributed by atoms with van der Waals surface area (Å²) in [5.74, 6) is 4.24. The van der Waals surface area contributed by atoms with Crippen LogP contribution in [0.2, 0.25) is 0 Å². The first-order valence-electron chi connectivity index (χ1n) is 12.1. The molecule has 0 bridgehead atoms. The number of allylic oxidation sites excluding steroid dienone is 2. The summed E-state index contributed by atoms with van der Waals surface area (Å²) < 4.78 is 23.3. The van der Waals surface area contributed by atoms with Gasteiger partial charge in [-0.3, -0.25) is 0 Å². The van der Waals surface area contributed by atoms with Crippen molar-refractivity contribution < 1.29 is 18.9 Å². The highest BCUT2D eigenvalue weighted by Crippen LogP contribution is 2.50. The second-order valence-corrected chi connectivity index (χ2v) is 9.88. The summed E-state index contributed by atoms with van der Waals surface area (Å²) in [4.78, 5) is 0. The molecule has 1 atom stereocenters. The Morgan fingerprint density at radius 1 is 0.818 bits per heavy atom. The third-order valence-electron chi connectivity index (χ3n) is 5.92. The topological polar surface area (TPSA) is 36.9 Å². The first-order chi connectivity index (χ1) is 16.0. The first-order valence-corrected chi connectivity index (χ1v) is 13.1. The number of methoxy groups -OCH3 is 4. The zero-order valence-corrected chi connectivity index (χ0v) is 22.4. The number of thioether (sulfide) groups is 1. The zero-order chi connectivity index (χ0) is 24.2. The molecule has 0 N–H and O–H groups in total. The van der Waals surface area contributed by atoms with Gasteiger partial charge in [-0.1, -0.05) is 50.7 Å². The summed E-state index contributed by atoms with van der Waals surface area (Å²) in [5, 5.41) is 2.04. The van der Waals surface area contributed by atoms with E-state index in [1.165, 1.54) is 44.1 Å². The van der Waals surface area contributed by atoms with Gasteiger partial charge in [0, 0.05) is 10.8 Å². The van der Waals surface area contributed by atoms with Crippen molar-refractivity contribution >= 4 is 22.5 Å². The maximum Gasteiger partial charge on any atom is 0.135 e. The average Bonchev–Trinajstić information content (AvgIpc) is 2.83. The third-order valence-corrected chi connectivity index (χ3v) is 7.29. The van der Waals surface area contributed by atoms with Crippen molar-refractivity contribution in [1.82, 2.24) is 0 Å². The van der Waals surface area contributed by atoms with Crippen LogP contribution in [0.5, 0.6) is 23.0 Å². The zero-order valence-electron chi connectivity index (χ0n) is 21.6. The van der Waals surface area contributed by atoms with E-state index < -0.39 is 0 Å². The molecule has 0 fully saturated rings. The molecule has 0 aromatic heterocycles. The third kappa shape index (κ3) is 7.23. The van der Waals surface area contributed by atoms with Crippen LogP contribution in [0.3, 0.4) is 0 Å².